The molecule has 2 nitrogen and oxygen atoms in total. The SMILES string of the molecule is COc1ccc(C2=C[C@H]3CC[C@@H]2C=C3c2ccc(OC)cc2)cc1. The Kier molecular flexibility index (Phi) is 3.89. The van der Waals surface area contributed by atoms with Crippen molar-refractivity contribution in [2.75, 3.05) is 14.2 Å². The first-order valence-electron chi connectivity index (χ1n) is 8.51. The van der Waals surface area contributed by atoms with Crippen molar-refractivity contribution >= 4 is 11.1 Å². The van der Waals surface area contributed by atoms with Gasteiger partial charge in [-0.3, -0.25) is 0 Å². The second-order valence-corrected chi connectivity index (χ2v) is 6.49. The molecule has 122 valence electrons. The second-order valence-electron chi connectivity index (χ2n) is 6.49. The van der Waals surface area contributed by atoms with Crippen molar-refractivity contribution < 1.29 is 9.47 Å². The summed E-state index contributed by atoms with van der Waals surface area (Å²) >= 11 is 0. The number of hydrogen-bond donors (Lipinski definition) is 0. The third kappa shape index (κ3) is 2.62. The number of fused-ring (bicyclic) bond motifs is 1. The van der Waals surface area contributed by atoms with Crippen LogP contribution >= 0.6 is 0 Å². The van der Waals surface area contributed by atoms with Crippen LogP contribution < -0.4 is 9.47 Å². The Morgan fingerprint density at radius 2 is 1.00 bits per heavy atom. The average Bonchev–Trinajstić information content (AvgIpc) is 2.68. The molecule has 0 saturated heterocycles. The molecule has 2 aromatic rings. The Balaban J connectivity index is 1.62. The molecule has 2 heteroatoms. The lowest BCUT2D eigenvalue weighted by Crippen LogP contribution is -2.20. The van der Waals surface area contributed by atoms with Crippen molar-refractivity contribution in [3.63, 3.8) is 0 Å². The molecule has 0 aliphatic heterocycles. The Morgan fingerprint density at radius 1 is 0.625 bits per heavy atom. The van der Waals surface area contributed by atoms with Crippen LogP contribution in [0, 0.1) is 11.8 Å². The van der Waals surface area contributed by atoms with Gasteiger partial charge in [0, 0.05) is 11.8 Å². The lowest BCUT2D eigenvalue weighted by Gasteiger charge is -2.35. The standard InChI is InChI=1S/C22H22O2/c1-23-19-9-5-15(6-10-19)21-13-18-4-3-17(21)14-22(18)16-7-11-20(24-2)12-8-16/h5-14,17-18H,3-4H2,1-2H3/t17-,18-/m1/s1. The van der Waals surface area contributed by atoms with Gasteiger partial charge in [0.2, 0.25) is 0 Å². The Labute approximate surface area is 143 Å². The minimum atomic E-state index is 0.514. The Hall–Kier alpha value is -2.48. The topological polar surface area (TPSA) is 18.5 Å². The quantitative estimate of drug-likeness (QED) is 0.770. The predicted octanol–water partition coefficient (Wildman–Crippen LogP) is 5.21. The zero-order valence-corrected chi connectivity index (χ0v) is 14.2. The third-order valence-electron chi connectivity index (χ3n) is 5.20. The number of rotatable bonds is 4. The maximum atomic E-state index is 5.27. The van der Waals surface area contributed by atoms with Crippen molar-refractivity contribution in [2.24, 2.45) is 11.8 Å². The van der Waals surface area contributed by atoms with Crippen molar-refractivity contribution in [1.82, 2.24) is 0 Å². The molecule has 2 atom stereocenters. The van der Waals surface area contributed by atoms with Crippen LogP contribution in [0.1, 0.15) is 24.0 Å². The van der Waals surface area contributed by atoms with E-state index in [0.717, 1.165) is 11.5 Å². The van der Waals surface area contributed by atoms with E-state index >= 15 is 0 Å². The van der Waals surface area contributed by atoms with Crippen LogP contribution in [0.5, 0.6) is 11.5 Å². The monoisotopic (exact) mass is 318 g/mol. The van der Waals surface area contributed by atoms with Crippen LogP contribution in [0.15, 0.2) is 60.7 Å². The number of allylic oxidation sites excluding steroid dienone is 4. The van der Waals surface area contributed by atoms with Crippen LogP contribution in [0.4, 0.5) is 0 Å². The second kappa shape index (κ2) is 6.20. The summed E-state index contributed by atoms with van der Waals surface area (Å²) in [6, 6.07) is 16.9. The van der Waals surface area contributed by atoms with Gasteiger partial charge in [0.15, 0.2) is 0 Å². The number of ether oxygens (including phenoxy) is 2. The molecule has 0 spiro atoms. The molecular formula is C22H22O2. The molecule has 0 aromatic heterocycles. The van der Waals surface area contributed by atoms with E-state index in [1.54, 1.807) is 14.2 Å². The molecule has 0 unspecified atom stereocenters. The highest BCUT2D eigenvalue weighted by Gasteiger charge is 2.31. The summed E-state index contributed by atoms with van der Waals surface area (Å²) in [6.45, 7) is 0. The number of hydrogen-bond acceptors (Lipinski definition) is 2. The lowest BCUT2D eigenvalue weighted by molar-refractivity contribution is 0.414. The van der Waals surface area contributed by atoms with Gasteiger partial charge in [-0.15, -0.1) is 0 Å². The summed E-state index contributed by atoms with van der Waals surface area (Å²) in [4.78, 5) is 0. The van der Waals surface area contributed by atoms with Crippen molar-refractivity contribution in [3.05, 3.63) is 71.8 Å². The van der Waals surface area contributed by atoms with E-state index in [2.05, 4.69) is 36.4 Å². The summed E-state index contributed by atoms with van der Waals surface area (Å²) in [5.41, 5.74) is 5.56. The molecule has 3 aliphatic rings. The van der Waals surface area contributed by atoms with Gasteiger partial charge in [-0.05, 0) is 59.4 Å². The fourth-order valence-corrected chi connectivity index (χ4v) is 3.88. The average molecular weight is 318 g/mol. The molecule has 5 rings (SSSR count). The summed E-state index contributed by atoms with van der Waals surface area (Å²) in [6.07, 6.45) is 7.41. The minimum Gasteiger partial charge on any atom is -0.497 e. The van der Waals surface area contributed by atoms with E-state index < -0.39 is 0 Å². The van der Waals surface area contributed by atoms with E-state index in [1.165, 1.54) is 35.1 Å². The van der Waals surface area contributed by atoms with Crippen LogP contribution in [0.2, 0.25) is 0 Å². The van der Waals surface area contributed by atoms with E-state index in [4.69, 9.17) is 9.47 Å². The Morgan fingerprint density at radius 3 is 1.29 bits per heavy atom. The zero-order valence-electron chi connectivity index (χ0n) is 14.2. The molecule has 0 heterocycles. The van der Waals surface area contributed by atoms with E-state index in [-0.39, 0.29) is 0 Å². The van der Waals surface area contributed by atoms with E-state index in [9.17, 15) is 0 Å². The largest absolute Gasteiger partial charge is 0.497 e. The molecule has 0 radical (unpaired) electrons. The smallest absolute Gasteiger partial charge is 0.118 e. The van der Waals surface area contributed by atoms with Gasteiger partial charge >= 0.3 is 0 Å². The fourth-order valence-electron chi connectivity index (χ4n) is 3.88. The summed E-state index contributed by atoms with van der Waals surface area (Å²) in [5, 5.41) is 0. The third-order valence-corrected chi connectivity index (χ3v) is 5.20. The normalized spacial score (nSPS) is 21.9. The molecule has 0 fully saturated rings. The van der Waals surface area contributed by atoms with E-state index in [0.29, 0.717) is 11.8 Å². The molecule has 24 heavy (non-hydrogen) atoms. The van der Waals surface area contributed by atoms with Crippen LogP contribution in [-0.4, -0.2) is 14.2 Å². The van der Waals surface area contributed by atoms with Crippen molar-refractivity contribution in [1.29, 1.82) is 0 Å². The molecule has 0 N–H and O–H groups in total. The predicted molar refractivity (Wildman–Crippen MR) is 98.2 cm³/mol. The zero-order chi connectivity index (χ0) is 16.5. The maximum Gasteiger partial charge on any atom is 0.118 e. The number of benzene rings is 2. The highest BCUT2D eigenvalue weighted by atomic mass is 16.5. The fraction of sp³-hybridized carbons (Fsp3) is 0.273. The first kappa shape index (κ1) is 15.1. The minimum absolute atomic E-state index is 0.514. The highest BCUT2D eigenvalue weighted by Crippen LogP contribution is 2.47. The van der Waals surface area contributed by atoms with Crippen LogP contribution in [0.25, 0.3) is 11.1 Å². The van der Waals surface area contributed by atoms with Gasteiger partial charge in [0.25, 0.3) is 0 Å². The summed E-state index contributed by atoms with van der Waals surface area (Å²) in [7, 11) is 3.42. The van der Waals surface area contributed by atoms with E-state index in [1.807, 2.05) is 24.3 Å². The van der Waals surface area contributed by atoms with Gasteiger partial charge in [0.05, 0.1) is 14.2 Å². The van der Waals surface area contributed by atoms with Gasteiger partial charge in [-0.2, -0.15) is 0 Å². The van der Waals surface area contributed by atoms with Crippen LogP contribution in [-0.2, 0) is 0 Å². The molecular weight excluding hydrogens is 296 g/mol. The Bertz CT molecular complexity index is 712. The van der Waals surface area contributed by atoms with Gasteiger partial charge in [-0.25, -0.2) is 0 Å². The summed E-state index contributed by atoms with van der Waals surface area (Å²) in [5.74, 6) is 2.85. The summed E-state index contributed by atoms with van der Waals surface area (Å²) < 4.78 is 10.5. The van der Waals surface area contributed by atoms with Gasteiger partial charge < -0.3 is 9.47 Å². The van der Waals surface area contributed by atoms with Crippen LogP contribution in [0.3, 0.4) is 0 Å². The lowest BCUT2D eigenvalue weighted by atomic mass is 9.69. The first-order valence-corrected chi connectivity index (χ1v) is 8.51. The molecule has 0 saturated carbocycles. The molecule has 3 aliphatic carbocycles. The molecule has 2 aromatic carbocycles. The highest BCUT2D eigenvalue weighted by molar-refractivity contribution is 5.82. The molecule has 0 amide bonds. The number of methoxy groups -OCH3 is 2. The molecule has 2 bridgehead atoms. The van der Waals surface area contributed by atoms with Gasteiger partial charge in [-0.1, -0.05) is 36.4 Å². The first-order chi connectivity index (χ1) is 11.8. The maximum absolute atomic E-state index is 5.27. The van der Waals surface area contributed by atoms with Gasteiger partial charge in [0.1, 0.15) is 11.5 Å². The van der Waals surface area contributed by atoms with Crippen molar-refractivity contribution in [3.8, 4) is 11.5 Å². The van der Waals surface area contributed by atoms with Crippen molar-refractivity contribution in [2.45, 2.75) is 12.8 Å².